The molecule has 8 nitrogen and oxygen atoms in total. The lowest BCUT2D eigenvalue weighted by Gasteiger charge is -2.17. The van der Waals surface area contributed by atoms with E-state index in [1.165, 1.54) is 0 Å². The Morgan fingerprint density at radius 1 is 1.28 bits per heavy atom. The second-order valence-corrected chi connectivity index (χ2v) is 7.42. The molecular weight excluding hydrogens is 371 g/mol. The van der Waals surface area contributed by atoms with Gasteiger partial charge in [0.2, 0.25) is 5.95 Å². The van der Waals surface area contributed by atoms with Crippen LogP contribution in [0.2, 0.25) is 0 Å². The molecule has 4 N–H and O–H groups in total. The summed E-state index contributed by atoms with van der Waals surface area (Å²) in [4.78, 5) is 18.6. The molecule has 0 aromatic carbocycles. The molecule has 0 amide bonds. The van der Waals surface area contributed by atoms with Gasteiger partial charge in [-0.2, -0.15) is 10.1 Å². The standard InChI is InChI=1S/C20H21FN8/c1-29(7-5-11-2-3-15-16(25-11)4-6-23-15)20-24-10-13(19(22)26-20)18-9-17(27-28-18)12-8-14(12)21/h2-4,6,9-10,12,14,23H,5,7-8H2,1H3,(H,27,28)(H2,22,24,26)/t12-,14-/m1/s1. The van der Waals surface area contributed by atoms with Gasteiger partial charge in [-0.05, 0) is 30.7 Å². The van der Waals surface area contributed by atoms with E-state index < -0.39 is 6.17 Å². The van der Waals surface area contributed by atoms with Gasteiger partial charge < -0.3 is 15.6 Å². The second-order valence-electron chi connectivity index (χ2n) is 7.42. The van der Waals surface area contributed by atoms with Gasteiger partial charge >= 0.3 is 0 Å². The van der Waals surface area contributed by atoms with Crippen LogP contribution in [0.4, 0.5) is 16.2 Å². The smallest absolute Gasteiger partial charge is 0.227 e. The molecule has 0 radical (unpaired) electrons. The van der Waals surface area contributed by atoms with Crippen LogP contribution in [0.5, 0.6) is 0 Å². The van der Waals surface area contributed by atoms with Crippen LogP contribution in [0.15, 0.2) is 36.7 Å². The van der Waals surface area contributed by atoms with Gasteiger partial charge in [-0.15, -0.1) is 0 Å². The van der Waals surface area contributed by atoms with Gasteiger partial charge in [0, 0.05) is 49.7 Å². The number of hydrogen-bond acceptors (Lipinski definition) is 6. The highest BCUT2D eigenvalue weighted by Gasteiger charge is 2.40. The first-order valence-corrected chi connectivity index (χ1v) is 9.55. The highest BCUT2D eigenvalue weighted by atomic mass is 19.1. The normalized spacial score (nSPS) is 18.3. The predicted octanol–water partition coefficient (Wildman–Crippen LogP) is 2.83. The molecule has 4 heterocycles. The molecule has 0 bridgehead atoms. The highest BCUT2D eigenvalue weighted by Crippen LogP contribution is 2.43. The van der Waals surface area contributed by atoms with Gasteiger partial charge in [-0.1, -0.05) is 0 Å². The maximum Gasteiger partial charge on any atom is 0.227 e. The molecule has 1 fully saturated rings. The monoisotopic (exact) mass is 392 g/mol. The molecule has 9 heteroatoms. The van der Waals surface area contributed by atoms with Crippen LogP contribution in [-0.2, 0) is 6.42 Å². The van der Waals surface area contributed by atoms with Crippen LogP contribution in [-0.4, -0.2) is 49.9 Å². The van der Waals surface area contributed by atoms with Crippen molar-refractivity contribution in [2.75, 3.05) is 24.2 Å². The number of nitrogens with zero attached hydrogens (tertiary/aromatic N) is 5. The van der Waals surface area contributed by atoms with Crippen LogP contribution >= 0.6 is 0 Å². The zero-order valence-corrected chi connectivity index (χ0v) is 15.9. The topological polar surface area (TPSA) is 112 Å². The Hall–Kier alpha value is -3.49. The van der Waals surface area contributed by atoms with E-state index in [9.17, 15) is 4.39 Å². The third kappa shape index (κ3) is 3.39. The maximum absolute atomic E-state index is 13.2. The van der Waals surface area contributed by atoms with E-state index in [4.69, 9.17) is 5.73 Å². The van der Waals surface area contributed by atoms with Crippen molar-refractivity contribution in [2.24, 2.45) is 0 Å². The van der Waals surface area contributed by atoms with Gasteiger partial charge in [0.1, 0.15) is 12.0 Å². The number of aromatic nitrogens is 6. The van der Waals surface area contributed by atoms with Crippen molar-refractivity contribution in [1.29, 1.82) is 0 Å². The average molecular weight is 392 g/mol. The van der Waals surface area contributed by atoms with Crippen molar-refractivity contribution in [3.63, 3.8) is 0 Å². The van der Waals surface area contributed by atoms with Crippen molar-refractivity contribution in [1.82, 2.24) is 30.1 Å². The highest BCUT2D eigenvalue weighted by molar-refractivity contribution is 5.74. The first kappa shape index (κ1) is 17.6. The quantitative estimate of drug-likeness (QED) is 0.465. The molecule has 1 aliphatic carbocycles. The number of alkyl halides is 1. The molecule has 4 aromatic heterocycles. The van der Waals surface area contributed by atoms with Crippen molar-refractivity contribution >= 4 is 22.8 Å². The SMILES string of the molecule is CN(CCc1ccc2[nH]ccc2n1)c1ncc(-c2cc([C@@H]3C[C@H]3F)[nH]n2)c(N)n1. The number of pyridine rings is 1. The molecule has 4 aromatic rings. The van der Waals surface area contributed by atoms with Crippen LogP contribution in [0.3, 0.4) is 0 Å². The summed E-state index contributed by atoms with van der Waals surface area (Å²) in [7, 11) is 1.92. The Morgan fingerprint density at radius 3 is 2.93 bits per heavy atom. The molecule has 0 saturated heterocycles. The lowest BCUT2D eigenvalue weighted by molar-refractivity contribution is 0.466. The summed E-state index contributed by atoms with van der Waals surface area (Å²) in [5.41, 5.74) is 11.2. The van der Waals surface area contributed by atoms with E-state index in [2.05, 4.69) is 30.1 Å². The first-order valence-electron chi connectivity index (χ1n) is 9.55. The molecule has 1 aliphatic rings. The molecule has 0 unspecified atom stereocenters. The van der Waals surface area contributed by atoms with Crippen molar-refractivity contribution in [2.45, 2.75) is 24.9 Å². The molecular formula is C20H21FN8. The molecule has 29 heavy (non-hydrogen) atoms. The fourth-order valence-electron chi connectivity index (χ4n) is 3.41. The minimum atomic E-state index is -0.777. The Kier molecular flexibility index (Phi) is 4.15. The van der Waals surface area contributed by atoms with Gasteiger partial charge in [0.15, 0.2) is 0 Å². The van der Waals surface area contributed by atoms with Crippen molar-refractivity contribution in [3.05, 3.63) is 48.0 Å². The van der Waals surface area contributed by atoms with E-state index in [1.54, 1.807) is 6.20 Å². The van der Waals surface area contributed by atoms with E-state index in [0.717, 1.165) is 28.8 Å². The number of likely N-dealkylation sites (N-methyl/N-ethyl adjacent to an activating group) is 1. The van der Waals surface area contributed by atoms with Gasteiger partial charge in [0.05, 0.1) is 22.3 Å². The maximum atomic E-state index is 13.2. The average Bonchev–Trinajstić information content (AvgIpc) is 3.12. The number of anilines is 2. The molecule has 0 aliphatic heterocycles. The second kappa shape index (κ2) is 6.84. The Balaban J connectivity index is 1.28. The van der Waals surface area contributed by atoms with E-state index in [1.807, 2.05) is 42.4 Å². The summed E-state index contributed by atoms with van der Waals surface area (Å²) >= 11 is 0. The van der Waals surface area contributed by atoms with Crippen molar-refractivity contribution in [3.8, 4) is 11.3 Å². The van der Waals surface area contributed by atoms with Crippen molar-refractivity contribution < 1.29 is 4.39 Å². The van der Waals surface area contributed by atoms with Crippen LogP contribution in [0.1, 0.15) is 23.7 Å². The number of nitrogens with one attached hydrogen (secondary N) is 2. The number of nitrogens with two attached hydrogens (primary N) is 1. The van der Waals surface area contributed by atoms with E-state index in [0.29, 0.717) is 36.0 Å². The number of hydrogen-bond donors (Lipinski definition) is 3. The Bertz CT molecular complexity index is 1170. The van der Waals surface area contributed by atoms with Gasteiger partial charge in [-0.3, -0.25) is 10.1 Å². The Labute approximate surface area is 166 Å². The molecule has 148 valence electrons. The van der Waals surface area contributed by atoms with Gasteiger partial charge in [-0.25, -0.2) is 9.37 Å². The zero-order valence-electron chi connectivity index (χ0n) is 15.9. The van der Waals surface area contributed by atoms with E-state index >= 15 is 0 Å². The molecule has 1 saturated carbocycles. The lowest BCUT2D eigenvalue weighted by Crippen LogP contribution is -2.23. The van der Waals surface area contributed by atoms with E-state index in [-0.39, 0.29) is 5.92 Å². The number of fused-ring (bicyclic) bond motifs is 1. The summed E-state index contributed by atoms with van der Waals surface area (Å²) in [5, 5.41) is 7.13. The molecule has 5 rings (SSSR count). The van der Waals surface area contributed by atoms with Crippen LogP contribution in [0.25, 0.3) is 22.3 Å². The van der Waals surface area contributed by atoms with Gasteiger partial charge in [0.25, 0.3) is 0 Å². The number of aromatic amines is 2. The van der Waals surface area contributed by atoms with Crippen LogP contribution in [0, 0.1) is 0 Å². The van der Waals surface area contributed by atoms with Crippen LogP contribution < -0.4 is 10.6 Å². The summed E-state index contributed by atoms with van der Waals surface area (Å²) < 4.78 is 13.2. The summed E-state index contributed by atoms with van der Waals surface area (Å²) in [6.07, 6.45) is 4.08. The third-order valence-corrected chi connectivity index (χ3v) is 5.30. The largest absolute Gasteiger partial charge is 0.383 e. The molecule has 0 spiro atoms. The summed E-state index contributed by atoms with van der Waals surface area (Å²) in [5.74, 6) is 0.804. The zero-order chi connectivity index (χ0) is 20.0. The lowest BCUT2D eigenvalue weighted by atomic mass is 10.2. The number of rotatable bonds is 6. The summed E-state index contributed by atoms with van der Waals surface area (Å²) in [6.45, 7) is 0.702. The fraction of sp³-hybridized carbons (Fsp3) is 0.300. The minimum Gasteiger partial charge on any atom is -0.383 e. The molecule has 2 atom stereocenters. The predicted molar refractivity (Wildman–Crippen MR) is 109 cm³/mol. The third-order valence-electron chi connectivity index (χ3n) is 5.30. The number of halogens is 1. The minimum absolute atomic E-state index is 0.0807. The number of H-pyrrole nitrogens is 2. The Morgan fingerprint density at radius 2 is 2.14 bits per heavy atom. The summed E-state index contributed by atoms with van der Waals surface area (Å²) in [6, 6.07) is 7.84. The first-order chi connectivity index (χ1) is 14.1. The fourth-order valence-corrected chi connectivity index (χ4v) is 3.41. The number of nitrogen functional groups attached to an aromatic ring is 1.